The van der Waals surface area contributed by atoms with E-state index >= 15 is 0 Å². The van der Waals surface area contributed by atoms with Crippen molar-refractivity contribution in [3.8, 4) is 0 Å². The molecule has 82 valence electrons. The molecule has 4 heteroatoms. The Morgan fingerprint density at radius 3 is 3.00 bits per heavy atom. The molecule has 0 aliphatic carbocycles. The Balaban J connectivity index is 2.31. The highest BCUT2D eigenvalue weighted by Gasteiger charge is 2.00. The second-order valence-electron chi connectivity index (χ2n) is 3.46. The zero-order chi connectivity index (χ0) is 11.5. The number of esters is 1. The third-order valence-corrected chi connectivity index (χ3v) is 2.59. The average Bonchev–Trinajstić information content (AvgIpc) is 2.25. The van der Waals surface area contributed by atoms with E-state index in [9.17, 15) is 4.79 Å². The van der Waals surface area contributed by atoms with Crippen LogP contribution < -0.4 is 0 Å². The molecular weight excluding hydrogens is 270 g/mol. The molecule has 2 aromatic rings. The number of pyridine rings is 1. The smallest absolute Gasteiger partial charge is 0.302 e. The van der Waals surface area contributed by atoms with E-state index < -0.39 is 0 Å². The molecule has 2 rings (SSSR count). The van der Waals surface area contributed by atoms with E-state index in [0.717, 1.165) is 20.9 Å². The molecule has 0 bridgehead atoms. The number of benzene rings is 1. The predicted octanol–water partition coefficient (Wildman–Crippen LogP) is 3.06. The highest BCUT2D eigenvalue weighted by atomic mass is 79.9. The summed E-state index contributed by atoms with van der Waals surface area (Å²) in [6, 6.07) is 7.78. The Hall–Kier alpha value is -1.42. The average molecular weight is 280 g/mol. The summed E-state index contributed by atoms with van der Waals surface area (Å²) in [6.07, 6.45) is 1.76. The van der Waals surface area contributed by atoms with Gasteiger partial charge in [0.1, 0.15) is 6.61 Å². The third-order valence-electron chi connectivity index (χ3n) is 2.15. The SMILES string of the molecule is CC(=O)OCc1ccc2ncc(Br)cc2c1. The first-order chi connectivity index (χ1) is 7.65. The van der Waals surface area contributed by atoms with Gasteiger partial charge in [0.15, 0.2) is 0 Å². The number of nitrogens with zero attached hydrogens (tertiary/aromatic N) is 1. The molecule has 0 saturated carbocycles. The molecule has 0 aliphatic rings. The molecule has 0 amide bonds. The van der Waals surface area contributed by atoms with E-state index in [1.165, 1.54) is 6.92 Å². The van der Waals surface area contributed by atoms with Gasteiger partial charge in [-0.05, 0) is 39.7 Å². The van der Waals surface area contributed by atoms with Crippen molar-refractivity contribution < 1.29 is 9.53 Å². The number of aromatic nitrogens is 1. The number of carbonyl (C=O) groups is 1. The van der Waals surface area contributed by atoms with Crippen LogP contribution in [0.5, 0.6) is 0 Å². The molecule has 1 aromatic carbocycles. The molecule has 3 nitrogen and oxygen atoms in total. The number of halogens is 1. The van der Waals surface area contributed by atoms with Crippen LogP contribution in [0.25, 0.3) is 10.9 Å². The Labute approximate surface area is 102 Å². The summed E-state index contributed by atoms with van der Waals surface area (Å²) in [6.45, 7) is 1.71. The minimum Gasteiger partial charge on any atom is -0.461 e. The second kappa shape index (κ2) is 4.61. The second-order valence-corrected chi connectivity index (χ2v) is 4.38. The van der Waals surface area contributed by atoms with Gasteiger partial charge in [-0.25, -0.2) is 0 Å². The molecule has 1 aromatic heterocycles. The Kier molecular flexibility index (Phi) is 3.19. The van der Waals surface area contributed by atoms with Crippen LogP contribution in [0.4, 0.5) is 0 Å². The van der Waals surface area contributed by atoms with Crippen molar-refractivity contribution in [1.82, 2.24) is 4.98 Å². The lowest BCUT2D eigenvalue weighted by Gasteiger charge is -2.04. The molecule has 16 heavy (non-hydrogen) atoms. The maximum Gasteiger partial charge on any atom is 0.302 e. The zero-order valence-corrected chi connectivity index (χ0v) is 10.3. The van der Waals surface area contributed by atoms with E-state index in [0.29, 0.717) is 6.61 Å². The maximum absolute atomic E-state index is 10.7. The van der Waals surface area contributed by atoms with Crippen LogP contribution in [0.2, 0.25) is 0 Å². The lowest BCUT2D eigenvalue weighted by molar-refractivity contribution is -0.142. The van der Waals surface area contributed by atoms with Gasteiger partial charge in [-0.1, -0.05) is 6.07 Å². The normalized spacial score (nSPS) is 10.4. The number of rotatable bonds is 2. The molecule has 0 N–H and O–H groups in total. The molecule has 0 atom stereocenters. The number of fused-ring (bicyclic) bond motifs is 1. The van der Waals surface area contributed by atoms with Crippen LogP contribution >= 0.6 is 15.9 Å². The number of hydrogen-bond acceptors (Lipinski definition) is 3. The summed E-state index contributed by atoms with van der Waals surface area (Å²) in [5.41, 5.74) is 1.89. The van der Waals surface area contributed by atoms with Crippen LogP contribution in [0, 0.1) is 0 Å². The molecule has 0 radical (unpaired) electrons. The van der Waals surface area contributed by atoms with E-state index in [1.54, 1.807) is 6.20 Å². The molecule has 0 spiro atoms. The fourth-order valence-corrected chi connectivity index (χ4v) is 1.78. The van der Waals surface area contributed by atoms with E-state index in [1.807, 2.05) is 24.3 Å². The minimum absolute atomic E-state index is 0.271. The number of hydrogen-bond donors (Lipinski definition) is 0. The topological polar surface area (TPSA) is 39.2 Å². The molecule has 0 unspecified atom stereocenters. The van der Waals surface area contributed by atoms with Crippen LogP contribution in [-0.4, -0.2) is 11.0 Å². The monoisotopic (exact) mass is 279 g/mol. The van der Waals surface area contributed by atoms with Crippen LogP contribution in [0.1, 0.15) is 12.5 Å². The summed E-state index contributed by atoms with van der Waals surface area (Å²) in [4.78, 5) is 15.0. The molecule has 0 saturated heterocycles. The van der Waals surface area contributed by atoms with Gasteiger partial charge in [0.2, 0.25) is 0 Å². The lowest BCUT2D eigenvalue weighted by atomic mass is 10.1. The van der Waals surface area contributed by atoms with Crippen molar-refractivity contribution in [3.63, 3.8) is 0 Å². The van der Waals surface area contributed by atoms with Crippen molar-refractivity contribution >= 4 is 32.8 Å². The molecule has 0 aliphatic heterocycles. The van der Waals surface area contributed by atoms with Crippen LogP contribution in [0.15, 0.2) is 34.9 Å². The molecule has 1 heterocycles. The number of ether oxygens (including phenoxy) is 1. The van der Waals surface area contributed by atoms with Gasteiger partial charge in [-0.2, -0.15) is 0 Å². The van der Waals surface area contributed by atoms with Crippen LogP contribution in [0.3, 0.4) is 0 Å². The largest absolute Gasteiger partial charge is 0.461 e. The van der Waals surface area contributed by atoms with Gasteiger partial charge in [0, 0.05) is 23.0 Å². The van der Waals surface area contributed by atoms with Gasteiger partial charge < -0.3 is 4.74 Å². The van der Waals surface area contributed by atoms with Crippen molar-refractivity contribution in [2.45, 2.75) is 13.5 Å². The fourth-order valence-electron chi connectivity index (χ4n) is 1.43. The van der Waals surface area contributed by atoms with Crippen molar-refractivity contribution in [2.75, 3.05) is 0 Å². The highest BCUT2D eigenvalue weighted by molar-refractivity contribution is 9.10. The number of carbonyl (C=O) groups excluding carboxylic acids is 1. The first kappa shape index (κ1) is 11.1. The summed E-state index contributed by atoms with van der Waals surface area (Å²) in [7, 11) is 0. The summed E-state index contributed by atoms with van der Waals surface area (Å²) >= 11 is 3.37. The van der Waals surface area contributed by atoms with Gasteiger partial charge in [-0.15, -0.1) is 0 Å². The van der Waals surface area contributed by atoms with Crippen molar-refractivity contribution in [2.24, 2.45) is 0 Å². The standard InChI is InChI=1S/C12H10BrNO2/c1-8(15)16-7-9-2-3-12-10(4-9)5-11(13)6-14-12/h2-6H,7H2,1H3. The molecular formula is C12H10BrNO2. The summed E-state index contributed by atoms with van der Waals surface area (Å²) in [5, 5.41) is 1.03. The van der Waals surface area contributed by atoms with E-state index in [4.69, 9.17) is 4.74 Å². The fraction of sp³-hybridized carbons (Fsp3) is 0.167. The van der Waals surface area contributed by atoms with Crippen molar-refractivity contribution in [1.29, 1.82) is 0 Å². The first-order valence-electron chi connectivity index (χ1n) is 4.83. The predicted molar refractivity (Wildman–Crippen MR) is 64.9 cm³/mol. The Morgan fingerprint density at radius 2 is 2.25 bits per heavy atom. The van der Waals surface area contributed by atoms with Gasteiger partial charge in [0.25, 0.3) is 0 Å². The Bertz CT molecular complexity index is 540. The van der Waals surface area contributed by atoms with Gasteiger partial charge in [-0.3, -0.25) is 9.78 Å². The third kappa shape index (κ3) is 2.58. The lowest BCUT2D eigenvalue weighted by Crippen LogP contribution is -1.98. The van der Waals surface area contributed by atoms with E-state index in [2.05, 4.69) is 20.9 Å². The highest BCUT2D eigenvalue weighted by Crippen LogP contribution is 2.18. The zero-order valence-electron chi connectivity index (χ0n) is 8.74. The van der Waals surface area contributed by atoms with Gasteiger partial charge in [0.05, 0.1) is 5.52 Å². The van der Waals surface area contributed by atoms with E-state index in [-0.39, 0.29) is 5.97 Å². The maximum atomic E-state index is 10.7. The quantitative estimate of drug-likeness (QED) is 0.794. The van der Waals surface area contributed by atoms with Crippen molar-refractivity contribution in [3.05, 3.63) is 40.5 Å². The minimum atomic E-state index is -0.271. The molecule has 0 fully saturated rings. The summed E-state index contributed by atoms with van der Waals surface area (Å²) in [5.74, 6) is -0.271. The Morgan fingerprint density at radius 1 is 1.44 bits per heavy atom. The van der Waals surface area contributed by atoms with Crippen LogP contribution in [-0.2, 0) is 16.1 Å². The summed E-state index contributed by atoms with van der Waals surface area (Å²) < 4.78 is 5.87. The first-order valence-corrected chi connectivity index (χ1v) is 5.62. The van der Waals surface area contributed by atoms with Gasteiger partial charge >= 0.3 is 5.97 Å².